The normalized spacial score (nSPS) is 20.3. The molecule has 1 heterocycles. The van der Waals surface area contributed by atoms with Gasteiger partial charge < -0.3 is 9.29 Å². The number of halogens is 1. The molecule has 2 unspecified atom stereocenters. The van der Waals surface area contributed by atoms with Crippen LogP contribution < -0.4 is 5.14 Å². The van der Waals surface area contributed by atoms with Gasteiger partial charge in [0, 0.05) is 27.7 Å². The number of hydrogen-bond acceptors (Lipinski definition) is 3. The maximum absolute atomic E-state index is 11.8. The van der Waals surface area contributed by atoms with E-state index >= 15 is 0 Å². The summed E-state index contributed by atoms with van der Waals surface area (Å²) in [5.74, 6) is 0.554. The van der Waals surface area contributed by atoms with Crippen LogP contribution in [0.5, 0.6) is 0 Å². The lowest BCUT2D eigenvalue weighted by molar-refractivity contribution is -0.0498. The molecule has 2 rings (SSSR count). The Morgan fingerprint density at radius 1 is 1.39 bits per heavy atom. The van der Waals surface area contributed by atoms with E-state index in [1.165, 1.54) is 5.56 Å². The average Bonchev–Trinajstić information content (AvgIpc) is 2.24. The van der Waals surface area contributed by atoms with Crippen LogP contribution in [0.15, 0.2) is 28.7 Å². The Hall–Kier alpha value is -0.0700. The summed E-state index contributed by atoms with van der Waals surface area (Å²) in [6.07, 6.45) is 0. The molecule has 1 aromatic carbocycles. The molecule has 0 aromatic heterocycles. The van der Waals surface area contributed by atoms with Crippen LogP contribution in [0.25, 0.3) is 0 Å². The van der Waals surface area contributed by atoms with Gasteiger partial charge in [-0.15, -0.1) is 0 Å². The standard InChI is InChI=1S/C13H18BrNO2S/c1-13(2,18(15)16)12(10-7-17-8-10)9-3-5-11(14)6-4-9/h3-6,10,12H,7-8,15H2,1-2H3. The molecule has 0 saturated carbocycles. The first-order chi connectivity index (χ1) is 8.43. The van der Waals surface area contributed by atoms with Gasteiger partial charge in [-0.25, -0.2) is 0 Å². The van der Waals surface area contributed by atoms with Gasteiger partial charge in [0.2, 0.25) is 0 Å². The summed E-state index contributed by atoms with van der Waals surface area (Å²) >= 11 is 2.07. The second kappa shape index (κ2) is 5.51. The zero-order valence-corrected chi connectivity index (χ0v) is 13.0. The number of hydrogen-bond donors (Lipinski definition) is 1. The van der Waals surface area contributed by atoms with Gasteiger partial charge in [-0.3, -0.25) is 0 Å². The van der Waals surface area contributed by atoms with Crippen molar-refractivity contribution in [2.24, 2.45) is 11.1 Å². The van der Waals surface area contributed by atoms with Crippen molar-refractivity contribution < 1.29 is 9.29 Å². The van der Waals surface area contributed by atoms with Crippen LogP contribution in [0.4, 0.5) is 0 Å². The average molecular weight is 332 g/mol. The molecule has 2 atom stereocenters. The summed E-state index contributed by atoms with van der Waals surface area (Å²) in [6, 6.07) is 8.16. The molecule has 18 heavy (non-hydrogen) atoms. The molecule has 1 saturated heterocycles. The lowest BCUT2D eigenvalue weighted by Crippen LogP contribution is -2.50. The molecule has 0 spiro atoms. The Labute approximate surface area is 120 Å². The van der Waals surface area contributed by atoms with Crippen molar-refractivity contribution in [2.75, 3.05) is 13.2 Å². The van der Waals surface area contributed by atoms with E-state index in [-0.39, 0.29) is 5.92 Å². The molecule has 100 valence electrons. The summed E-state index contributed by atoms with van der Waals surface area (Å²) in [7, 11) is 0. The SMILES string of the molecule is CC(C)(C(c1ccc(Br)cc1)C1COC1)[S+](N)[O-]. The molecule has 0 aliphatic carbocycles. The minimum Gasteiger partial charge on any atom is -0.598 e. The summed E-state index contributed by atoms with van der Waals surface area (Å²) in [4.78, 5) is 0. The third-order valence-corrected chi connectivity index (χ3v) is 5.45. The van der Waals surface area contributed by atoms with Crippen molar-refractivity contribution in [3.8, 4) is 0 Å². The molecule has 0 radical (unpaired) electrons. The van der Waals surface area contributed by atoms with Crippen molar-refractivity contribution in [2.45, 2.75) is 24.5 Å². The zero-order chi connectivity index (χ0) is 13.3. The number of ether oxygens (including phenoxy) is 1. The second-order valence-corrected chi connectivity index (χ2v) is 7.79. The first kappa shape index (κ1) is 14.3. The number of nitrogens with two attached hydrogens (primary N) is 1. The van der Waals surface area contributed by atoms with Gasteiger partial charge in [-0.1, -0.05) is 28.1 Å². The van der Waals surface area contributed by atoms with Crippen LogP contribution in [-0.2, 0) is 16.1 Å². The molecule has 0 amide bonds. The Morgan fingerprint density at radius 3 is 2.33 bits per heavy atom. The lowest BCUT2D eigenvalue weighted by atomic mass is 9.77. The van der Waals surface area contributed by atoms with Crippen LogP contribution in [0, 0.1) is 5.92 Å². The highest BCUT2D eigenvalue weighted by atomic mass is 79.9. The largest absolute Gasteiger partial charge is 0.598 e. The van der Waals surface area contributed by atoms with Gasteiger partial charge >= 0.3 is 0 Å². The van der Waals surface area contributed by atoms with Crippen molar-refractivity contribution >= 4 is 27.3 Å². The fourth-order valence-corrected chi connectivity index (χ4v) is 3.33. The van der Waals surface area contributed by atoms with E-state index in [4.69, 9.17) is 9.88 Å². The third kappa shape index (κ3) is 2.75. The van der Waals surface area contributed by atoms with Gasteiger partial charge in [0.15, 0.2) is 0 Å². The molecule has 0 bridgehead atoms. The van der Waals surface area contributed by atoms with E-state index in [1.54, 1.807) is 0 Å². The van der Waals surface area contributed by atoms with Crippen LogP contribution in [-0.4, -0.2) is 22.5 Å². The molecule has 1 fully saturated rings. The highest BCUT2D eigenvalue weighted by Crippen LogP contribution is 2.42. The molecule has 5 heteroatoms. The maximum atomic E-state index is 11.8. The van der Waals surface area contributed by atoms with Gasteiger partial charge in [-0.05, 0) is 31.5 Å². The van der Waals surface area contributed by atoms with Gasteiger partial charge in [0.25, 0.3) is 0 Å². The van der Waals surface area contributed by atoms with Gasteiger partial charge in [-0.2, -0.15) is 5.14 Å². The highest BCUT2D eigenvalue weighted by Gasteiger charge is 2.47. The van der Waals surface area contributed by atoms with Gasteiger partial charge in [0.1, 0.15) is 4.75 Å². The monoisotopic (exact) mass is 331 g/mol. The molecule has 1 aromatic rings. The van der Waals surface area contributed by atoms with E-state index in [9.17, 15) is 4.55 Å². The lowest BCUT2D eigenvalue weighted by Gasteiger charge is -2.42. The summed E-state index contributed by atoms with van der Waals surface area (Å²) in [5, 5.41) is 5.68. The number of benzene rings is 1. The van der Waals surface area contributed by atoms with Crippen LogP contribution in [0.1, 0.15) is 25.3 Å². The van der Waals surface area contributed by atoms with Crippen molar-refractivity contribution in [1.29, 1.82) is 0 Å². The van der Waals surface area contributed by atoms with E-state index in [0.29, 0.717) is 5.92 Å². The van der Waals surface area contributed by atoms with Crippen LogP contribution in [0.3, 0.4) is 0 Å². The fourth-order valence-electron chi connectivity index (χ4n) is 2.48. The van der Waals surface area contributed by atoms with E-state index in [0.717, 1.165) is 17.7 Å². The Bertz CT molecular complexity index is 404. The smallest absolute Gasteiger partial charge is 0.146 e. The molecule has 2 N–H and O–H groups in total. The quantitative estimate of drug-likeness (QED) is 0.862. The summed E-state index contributed by atoms with van der Waals surface area (Å²) < 4.78 is 17.7. The predicted octanol–water partition coefficient (Wildman–Crippen LogP) is 2.58. The van der Waals surface area contributed by atoms with Gasteiger partial charge in [0.05, 0.1) is 13.2 Å². The van der Waals surface area contributed by atoms with E-state index in [1.807, 2.05) is 26.0 Å². The minimum absolute atomic E-state index is 0.158. The topological polar surface area (TPSA) is 58.3 Å². The Morgan fingerprint density at radius 2 is 1.94 bits per heavy atom. The van der Waals surface area contributed by atoms with Crippen molar-refractivity contribution in [3.63, 3.8) is 0 Å². The van der Waals surface area contributed by atoms with Crippen molar-refractivity contribution in [3.05, 3.63) is 34.3 Å². The van der Waals surface area contributed by atoms with E-state index in [2.05, 4.69) is 28.1 Å². The summed E-state index contributed by atoms with van der Waals surface area (Å²) in [5.41, 5.74) is 1.18. The molecule has 1 aliphatic rings. The fraction of sp³-hybridized carbons (Fsp3) is 0.538. The second-order valence-electron chi connectivity index (χ2n) is 5.23. The zero-order valence-electron chi connectivity index (χ0n) is 10.6. The van der Waals surface area contributed by atoms with Crippen molar-refractivity contribution in [1.82, 2.24) is 0 Å². The molecular weight excluding hydrogens is 314 g/mol. The maximum Gasteiger partial charge on any atom is 0.146 e. The molecule has 3 nitrogen and oxygen atoms in total. The van der Waals surface area contributed by atoms with E-state index < -0.39 is 16.1 Å². The first-order valence-electron chi connectivity index (χ1n) is 5.92. The summed E-state index contributed by atoms with van der Waals surface area (Å²) in [6.45, 7) is 5.38. The predicted molar refractivity (Wildman–Crippen MR) is 77.6 cm³/mol. The third-order valence-electron chi connectivity index (χ3n) is 3.63. The molecular formula is C13H18BrNO2S. The minimum atomic E-state index is -1.37. The highest BCUT2D eigenvalue weighted by molar-refractivity contribution is 9.10. The Balaban J connectivity index is 2.33. The molecule has 1 aliphatic heterocycles. The number of rotatable bonds is 4. The Kier molecular flexibility index (Phi) is 4.39. The first-order valence-corrected chi connectivity index (χ1v) is 7.93. The van der Waals surface area contributed by atoms with Crippen LogP contribution in [0.2, 0.25) is 0 Å². The van der Waals surface area contributed by atoms with Crippen LogP contribution >= 0.6 is 15.9 Å².